The van der Waals surface area contributed by atoms with E-state index in [0.717, 1.165) is 36.8 Å². The summed E-state index contributed by atoms with van der Waals surface area (Å²) in [6, 6.07) is 1.78. The monoisotopic (exact) mass is 318 g/mol. The van der Waals surface area contributed by atoms with Crippen molar-refractivity contribution in [3.63, 3.8) is 0 Å². The van der Waals surface area contributed by atoms with E-state index in [9.17, 15) is 4.79 Å². The summed E-state index contributed by atoms with van der Waals surface area (Å²) in [7, 11) is 0. The van der Waals surface area contributed by atoms with Crippen molar-refractivity contribution in [1.82, 2.24) is 19.9 Å². The van der Waals surface area contributed by atoms with Gasteiger partial charge >= 0.3 is 0 Å². The number of thiazole rings is 1. The predicted molar refractivity (Wildman–Crippen MR) is 85.0 cm³/mol. The lowest BCUT2D eigenvalue weighted by Gasteiger charge is -2.30. The van der Waals surface area contributed by atoms with Crippen molar-refractivity contribution in [2.45, 2.75) is 18.8 Å². The van der Waals surface area contributed by atoms with Gasteiger partial charge in [-0.15, -0.1) is 11.3 Å². The summed E-state index contributed by atoms with van der Waals surface area (Å²) >= 11 is 1.56. The summed E-state index contributed by atoms with van der Waals surface area (Å²) in [5.74, 6) is 0.730. The average Bonchev–Trinajstić information content (AvgIpc) is 2.97. The quantitative estimate of drug-likeness (QED) is 0.863. The van der Waals surface area contributed by atoms with Gasteiger partial charge in [-0.1, -0.05) is 0 Å². The van der Waals surface area contributed by atoms with E-state index < -0.39 is 0 Å². The normalized spacial score (nSPS) is 16.5. The number of carbonyl (C=O) groups is 1. The Labute approximate surface area is 132 Å². The zero-order chi connectivity index (χ0) is 15.4. The molecule has 22 heavy (non-hydrogen) atoms. The summed E-state index contributed by atoms with van der Waals surface area (Å²) in [5.41, 5.74) is 6.33. The number of piperidine rings is 1. The maximum absolute atomic E-state index is 10.9. The molecule has 0 unspecified atom stereocenters. The second-order valence-corrected chi connectivity index (χ2v) is 6.15. The Hall–Kier alpha value is -2.06. The molecular weight excluding hydrogens is 300 g/mol. The lowest BCUT2D eigenvalue weighted by molar-refractivity contribution is -0.119. The van der Waals surface area contributed by atoms with E-state index in [1.54, 1.807) is 29.8 Å². The van der Waals surface area contributed by atoms with Crippen LogP contribution in [0.15, 0.2) is 23.8 Å². The molecule has 3 rings (SSSR count). The zero-order valence-electron chi connectivity index (χ0n) is 12.1. The van der Waals surface area contributed by atoms with E-state index in [2.05, 4.69) is 30.5 Å². The fraction of sp³-hybridized carbons (Fsp3) is 0.429. The van der Waals surface area contributed by atoms with E-state index in [1.807, 2.05) is 0 Å². The first-order valence-electron chi connectivity index (χ1n) is 7.21. The minimum absolute atomic E-state index is 0.263. The summed E-state index contributed by atoms with van der Waals surface area (Å²) in [6.07, 6.45) is 5.38. The van der Waals surface area contributed by atoms with Gasteiger partial charge in [-0.05, 0) is 32.0 Å². The number of nitrogens with one attached hydrogen (secondary N) is 1. The van der Waals surface area contributed by atoms with Crippen molar-refractivity contribution in [2.24, 2.45) is 5.73 Å². The van der Waals surface area contributed by atoms with Crippen LogP contribution in [0.3, 0.4) is 0 Å². The topological polar surface area (TPSA) is 97.0 Å². The third-order valence-corrected chi connectivity index (χ3v) is 4.47. The number of amides is 1. The van der Waals surface area contributed by atoms with E-state index in [4.69, 9.17) is 5.73 Å². The van der Waals surface area contributed by atoms with Crippen LogP contribution in [0.1, 0.15) is 24.5 Å². The highest BCUT2D eigenvalue weighted by Crippen LogP contribution is 2.30. The maximum Gasteiger partial charge on any atom is 0.231 e. The Morgan fingerprint density at radius 3 is 2.77 bits per heavy atom. The molecule has 1 fully saturated rings. The van der Waals surface area contributed by atoms with E-state index in [-0.39, 0.29) is 5.91 Å². The van der Waals surface area contributed by atoms with Crippen LogP contribution in [0.2, 0.25) is 0 Å². The minimum atomic E-state index is -0.263. The molecule has 1 aliphatic heterocycles. The molecule has 0 radical (unpaired) electrons. The van der Waals surface area contributed by atoms with Crippen LogP contribution in [-0.4, -0.2) is 45.4 Å². The average molecular weight is 318 g/mol. The molecule has 0 aliphatic carbocycles. The standard InChI is InChI=1S/C14H18N6OS/c15-12(21)8-20-6-2-10(3-7-20)11-9-22-14(18-11)19-13-16-4-1-5-17-13/h1,4-5,9-10H,2-3,6-8H2,(H2,15,21)(H,16,17,18,19). The Bertz CT molecular complexity index is 623. The highest BCUT2D eigenvalue weighted by molar-refractivity contribution is 7.13. The third-order valence-electron chi connectivity index (χ3n) is 3.69. The molecular formula is C14H18N6OS. The Morgan fingerprint density at radius 2 is 2.09 bits per heavy atom. The number of carbonyl (C=O) groups excluding carboxylic acids is 1. The summed E-state index contributed by atoms with van der Waals surface area (Å²) in [4.78, 5) is 25.9. The number of nitrogens with two attached hydrogens (primary N) is 1. The largest absolute Gasteiger partial charge is 0.369 e. The van der Waals surface area contributed by atoms with Gasteiger partial charge in [0.05, 0.1) is 12.2 Å². The predicted octanol–water partition coefficient (Wildman–Crippen LogP) is 1.34. The van der Waals surface area contributed by atoms with Crippen LogP contribution in [0.25, 0.3) is 0 Å². The van der Waals surface area contributed by atoms with Gasteiger partial charge in [-0.3, -0.25) is 9.69 Å². The summed E-state index contributed by atoms with van der Waals surface area (Å²) in [5, 5.41) is 6.00. The van der Waals surface area contributed by atoms with E-state index >= 15 is 0 Å². The lowest BCUT2D eigenvalue weighted by Crippen LogP contribution is -2.39. The Kier molecular flexibility index (Phi) is 4.59. The van der Waals surface area contributed by atoms with Crippen LogP contribution in [-0.2, 0) is 4.79 Å². The first kappa shape index (κ1) is 14.9. The molecule has 0 bridgehead atoms. The fourth-order valence-electron chi connectivity index (χ4n) is 2.60. The molecule has 2 aromatic heterocycles. The van der Waals surface area contributed by atoms with Gasteiger partial charge < -0.3 is 11.1 Å². The SMILES string of the molecule is NC(=O)CN1CCC(c2csc(Nc3ncccn3)n2)CC1. The fourth-order valence-corrected chi connectivity index (χ4v) is 3.38. The Balaban J connectivity index is 1.57. The van der Waals surface area contributed by atoms with E-state index in [1.165, 1.54) is 0 Å². The number of primary amides is 1. The molecule has 1 amide bonds. The van der Waals surface area contributed by atoms with Gasteiger partial charge in [0.25, 0.3) is 0 Å². The molecule has 8 heteroatoms. The molecule has 0 spiro atoms. The molecule has 3 N–H and O–H groups in total. The van der Waals surface area contributed by atoms with Gasteiger partial charge in [0.2, 0.25) is 11.9 Å². The van der Waals surface area contributed by atoms with Gasteiger partial charge in [-0.25, -0.2) is 15.0 Å². The van der Waals surface area contributed by atoms with Crippen molar-refractivity contribution in [1.29, 1.82) is 0 Å². The second kappa shape index (κ2) is 6.80. The van der Waals surface area contributed by atoms with Crippen LogP contribution >= 0.6 is 11.3 Å². The molecule has 2 aromatic rings. The molecule has 0 aromatic carbocycles. The van der Waals surface area contributed by atoms with Crippen molar-refractivity contribution >= 4 is 28.3 Å². The molecule has 7 nitrogen and oxygen atoms in total. The number of nitrogens with zero attached hydrogens (tertiary/aromatic N) is 4. The number of anilines is 2. The number of likely N-dealkylation sites (tertiary alicyclic amines) is 1. The smallest absolute Gasteiger partial charge is 0.231 e. The summed E-state index contributed by atoms with van der Waals surface area (Å²) < 4.78 is 0. The van der Waals surface area contributed by atoms with E-state index in [0.29, 0.717) is 18.4 Å². The third kappa shape index (κ3) is 3.77. The van der Waals surface area contributed by atoms with Gasteiger partial charge in [0.1, 0.15) is 0 Å². The van der Waals surface area contributed by atoms with Crippen molar-refractivity contribution in [3.05, 3.63) is 29.5 Å². The molecule has 1 saturated heterocycles. The number of hydrogen-bond acceptors (Lipinski definition) is 7. The first-order valence-corrected chi connectivity index (χ1v) is 8.09. The molecule has 116 valence electrons. The van der Waals surface area contributed by atoms with Crippen molar-refractivity contribution < 1.29 is 4.79 Å². The number of rotatable bonds is 5. The van der Waals surface area contributed by atoms with Crippen LogP contribution in [0.5, 0.6) is 0 Å². The molecule has 0 atom stereocenters. The van der Waals surface area contributed by atoms with Crippen molar-refractivity contribution in [3.8, 4) is 0 Å². The summed E-state index contributed by atoms with van der Waals surface area (Å²) in [6.45, 7) is 2.12. The highest BCUT2D eigenvalue weighted by Gasteiger charge is 2.23. The molecule has 1 aliphatic rings. The van der Waals surface area contributed by atoms with Crippen LogP contribution in [0, 0.1) is 0 Å². The maximum atomic E-state index is 10.9. The first-order chi connectivity index (χ1) is 10.7. The number of hydrogen-bond donors (Lipinski definition) is 2. The van der Waals surface area contributed by atoms with Gasteiger partial charge in [0.15, 0.2) is 5.13 Å². The highest BCUT2D eigenvalue weighted by atomic mass is 32.1. The lowest BCUT2D eigenvalue weighted by atomic mass is 9.94. The molecule has 3 heterocycles. The van der Waals surface area contributed by atoms with Gasteiger partial charge in [0, 0.05) is 23.7 Å². The van der Waals surface area contributed by atoms with Crippen LogP contribution < -0.4 is 11.1 Å². The minimum Gasteiger partial charge on any atom is -0.369 e. The zero-order valence-corrected chi connectivity index (χ0v) is 12.9. The Morgan fingerprint density at radius 1 is 1.36 bits per heavy atom. The van der Waals surface area contributed by atoms with Crippen molar-refractivity contribution in [2.75, 3.05) is 25.0 Å². The second-order valence-electron chi connectivity index (χ2n) is 5.29. The van der Waals surface area contributed by atoms with Gasteiger partial charge in [-0.2, -0.15) is 0 Å². The molecule has 0 saturated carbocycles. The number of aromatic nitrogens is 3. The van der Waals surface area contributed by atoms with Crippen LogP contribution in [0.4, 0.5) is 11.1 Å².